The molecule has 0 aliphatic carbocycles. The minimum absolute atomic E-state index is 0.0204. The van der Waals surface area contributed by atoms with Gasteiger partial charge < -0.3 is 9.80 Å². The van der Waals surface area contributed by atoms with Crippen molar-refractivity contribution < 1.29 is 9.59 Å². The van der Waals surface area contributed by atoms with Crippen molar-refractivity contribution in [1.82, 2.24) is 19.4 Å². The van der Waals surface area contributed by atoms with E-state index >= 15 is 0 Å². The van der Waals surface area contributed by atoms with Crippen LogP contribution >= 0.6 is 11.8 Å². The first kappa shape index (κ1) is 18.6. The van der Waals surface area contributed by atoms with Gasteiger partial charge in [-0.1, -0.05) is 24.3 Å². The zero-order valence-corrected chi connectivity index (χ0v) is 16.3. The summed E-state index contributed by atoms with van der Waals surface area (Å²) in [5, 5.41) is 4.24. The van der Waals surface area contributed by atoms with Gasteiger partial charge in [-0.25, -0.2) is 4.52 Å². The highest BCUT2D eigenvalue weighted by atomic mass is 32.2. The van der Waals surface area contributed by atoms with Gasteiger partial charge in [0.25, 0.3) is 5.91 Å². The van der Waals surface area contributed by atoms with Crippen molar-refractivity contribution in [1.29, 1.82) is 0 Å². The summed E-state index contributed by atoms with van der Waals surface area (Å²) < 4.78 is 1.71. The van der Waals surface area contributed by atoms with Crippen LogP contribution in [-0.4, -0.2) is 63.2 Å². The lowest BCUT2D eigenvalue weighted by molar-refractivity contribution is -0.132. The van der Waals surface area contributed by atoms with E-state index in [0.29, 0.717) is 38.2 Å². The monoisotopic (exact) mass is 394 g/mol. The summed E-state index contributed by atoms with van der Waals surface area (Å²) in [4.78, 5) is 30.2. The van der Waals surface area contributed by atoms with Gasteiger partial charge in [0.15, 0.2) is 0 Å². The van der Waals surface area contributed by atoms with Crippen LogP contribution in [0, 0.1) is 0 Å². The quantitative estimate of drug-likeness (QED) is 0.625. The van der Waals surface area contributed by atoms with E-state index in [0.717, 1.165) is 11.3 Å². The Labute approximate surface area is 168 Å². The highest BCUT2D eigenvalue weighted by Crippen LogP contribution is 2.19. The van der Waals surface area contributed by atoms with Crippen LogP contribution in [0.25, 0.3) is 5.52 Å². The number of thioether (sulfide) groups is 1. The van der Waals surface area contributed by atoms with Crippen LogP contribution in [0.5, 0.6) is 0 Å². The first-order valence-electron chi connectivity index (χ1n) is 9.39. The third-order valence-electron chi connectivity index (χ3n) is 4.90. The van der Waals surface area contributed by atoms with Crippen molar-refractivity contribution in [3.8, 4) is 0 Å². The lowest BCUT2D eigenvalue weighted by atomic mass is 10.2. The van der Waals surface area contributed by atoms with Crippen molar-refractivity contribution in [3.63, 3.8) is 0 Å². The van der Waals surface area contributed by atoms with Crippen LogP contribution in [-0.2, 0) is 4.79 Å². The third kappa shape index (κ3) is 4.04. The largest absolute Gasteiger partial charge is 0.339 e. The molecule has 4 rings (SSSR count). The number of piperazine rings is 1. The van der Waals surface area contributed by atoms with Crippen LogP contribution < -0.4 is 0 Å². The third-order valence-corrected chi connectivity index (χ3v) is 5.92. The van der Waals surface area contributed by atoms with Crippen LogP contribution in [0.4, 0.5) is 0 Å². The number of pyridine rings is 1. The van der Waals surface area contributed by atoms with Crippen LogP contribution in [0.3, 0.4) is 0 Å². The van der Waals surface area contributed by atoms with Gasteiger partial charge in [0.05, 0.1) is 17.3 Å². The molecule has 144 valence electrons. The number of rotatable bonds is 5. The summed E-state index contributed by atoms with van der Waals surface area (Å²) in [5.74, 6) is 0.907. The number of hydrogen-bond acceptors (Lipinski definition) is 4. The van der Waals surface area contributed by atoms with Gasteiger partial charge in [-0.05, 0) is 24.3 Å². The topological polar surface area (TPSA) is 57.9 Å². The maximum absolute atomic E-state index is 12.8. The highest BCUT2D eigenvalue weighted by molar-refractivity contribution is 7.99. The summed E-state index contributed by atoms with van der Waals surface area (Å²) in [6, 6.07) is 15.8. The molecule has 2 aromatic heterocycles. The first-order valence-corrected chi connectivity index (χ1v) is 10.4. The van der Waals surface area contributed by atoms with Gasteiger partial charge in [0, 0.05) is 49.4 Å². The molecule has 0 radical (unpaired) electrons. The van der Waals surface area contributed by atoms with Gasteiger partial charge in [-0.15, -0.1) is 11.8 Å². The number of carbonyl (C=O) groups is 2. The number of nitrogens with zero attached hydrogens (tertiary/aromatic N) is 4. The molecule has 0 spiro atoms. The van der Waals surface area contributed by atoms with Crippen molar-refractivity contribution in [2.75, 3.05) is 31.9 Å². The lowest BCUT2D eigenvalue weighted by Crippen LogP contribution is -2.50. The van der Waals surface area contributed by atoms with Gasteiger partial charge in [-0.3, -0.25) is 9.59 Å². The molecule has 0 N–H and O–H groups in total. The van der Waals surface area contributed by atoms with Gasteiger partial charge in [0.1, 0.15) is 0 Å². The smallest absolute Gasteiger partial charge is 0.257 e. The van der Waals surface area contributed by atoms with E-state index in [1.807, 2.05) is 52.4 Å². The van der Waals surface area contributed by atoms with E-state index in [4.69, 9.17) is 0 Å². The number of benzene rings is 1. The molecule has 0 atom stereocenters. The Kier molecular flexibility index (Phi) is 5.62. The Hall–Kier alpha value is -2.80. The van der Waals surface area contributed by atoms with Crippen molar-refractivity contribution in [2.24, 2.45) is 0 Å². The van der Waals surface area contributed by atoms with E-state index in [-0.39, 0.29) is 11.8 Å². The number of carbonyl (C=O) groups excluding carboxylic acids is 2. The lowest BCUT2D eigenvalue weighted by Gasteiger charge is -2.34. The molecule has 1 fully saturated rings. The Morgan fingerprint density at radius 2 is 1.64 bits per heavy atom. The standard InChI is InChI=1S/C21H22N4O2S/c26-20(9-15-28-17-6-2-1-3-7-17)23-11-13-24(14-12-23)21(27)18-16-22-25-10-5-4-8-19(18)25/h1-8,10,16H,9,11-15H2. The second-order valence-electron chi connectivity index (χ2n) is 6.67. The van der Waals surface area contributed by atoms with E-state index in [9.17, 15) is 9.59 Å². The molecule has 7 heteroatoms. The van der Waals surface area contributed by atoms with Crippen molar-refractivity contribution in [3.05, 3.63) is 66.5 Å². The van der Waals surface area contributed by atoms with E-state index in [1.165, 1.54) is 4.90 Å². The zero-order valence-electron chi connectivity index (χ0n) is 15.5. The normalized spacial score (nSPS) is 14.4. The Morgan fingerprint density at radius 3 is 2.43 bits per heavy atom. The number of aromatic nitrogens is 2. The summed E-state index contributed by atoms with van der Waals surface area (Å²) in [6.45, 7) is 2.28. The van der Waals surface area contributed by atoms with Gasteiger partial charge >= 0.3 is 0 Å². The summed E-state index contributed by atoms with van der Waals surface area (Å²) in [5.41, 5.74) is 1.42. The molecule has 0 unspecified atom stereocenters. The highest BCUT2D eigenvalue weighted by Gasteiger charge is 2.26. The van der Waals surface area contributed by atoms with Gasteiger partial charge in [-0.2, -0.15) is 5.10 Å². The van der Waals surface area contributed by atoms with Crippen molar-refractivity contribution in [2.45, 2.75) is 11.3 Å². The van der Waals surface area contributed by atoms with Crippen molar-refractivity contribution >= 4 is 29.1 Å². The number of fused-ring (bicyclic) bond motifs is 1. The molecule has 28 heavy (non-hydrogen) atoms. The second kappa shape index (κ2) is 8.48. The maximum atomic E-state index is 12.8. The SMILES string of the molecule is O=C(CCSc1ccccc1)N1CCN(C(=O)c2cnn3ccccc23)CC1. The molecular formula is C21H22N4O2S. The molecule has 1 aromatic carbocycles. The number of amides is 2. The van der Waals surface area contributed by atoms with Gasteiger partial charge in [0.2, 0.25) is 5.91 Å². The van der Waals surface area contributed by atoms with Crippen LogP contribution in [0.1, 0.15) is 16.8 Å². The summed E-state index contributed by atoms with van der Waals surface area (Å²) in [6.07, 6.45) is 3.97. The molecule has 1 aliphatic heterocycles. The average molecular weight is 395 g/mol. The van der Waals surface area contributed by atoms with E-state index in [2.05, 4.69) is 17.2 Å². The Bertz CT molecular complexity index is 965. The fraction of sp³-hybridized carbons (Fsp3) is 0.286. The fourth-order valence-electron chi connectivity index (χ4n) is 3.36. The summed E-state index contributed by atoms with van der Waals surface area (Å²) >= 11 is 1.70. The molecule has 6 nitrogen and oxygen atoms in total. The predicted molar refractivity (Wildman–Crippen MR) is 109 cm³/mol. The molecule has 1 aliphatic rings. The van der Waals surface area contributed by atoms with E-state index in [1.54, 1.807) is 22.5 Å². The minimum Gasteiger partial charge on any atom is -0.339 e. The minimum atomic E-state index is -0.0204. The first-order chi connectivity index (χ1) is 13.7. The molecule has 0 bridgehead atoms. The predicted octanol–water partition coefficient (Wildman–Crippen LogP) is 2.80. The Balaban J connectivity index is 1.28. The van der Waals surface area contributed by atoms with E-state index < -0.39 is 0 Å². The molecular weight excluding hydrogens is 372 g/mol. The average Bonchev–Trinajstić information content (AvgIpc) is 3.18. The summed E-state index contributed by atoms with van der Waals surface area (Å²) in [7, 11) is 0. The van der Waals surface area contributed by atoms with Crippen LogP contribution in [0.2, 0.25) is 0 Å². The molecule has 2 amide bonds. The fourth-order valence-corrected chi connectivity index (χ4v) is 4.22. The molecule has 3 aromatic rings. The number of hydrogen-bond donors (Lipinski definition) is 0. The second-order valence-corrected chi connectivity index (χ2v) is 7.84. The van der Waals surface area contributed by atoms with Crippen LogP contribution in [0.15, 0.2) is 65.8 Å². The molecule has 3 heterocycles. The Morgan fingerprint density at radius 1 is 0.929 bits per heavy atom. The zero-order chi connectivity index (χ0) is 19.3. The maximum Gasteiger partial charge on any atom is 0.257 e. The molecule has 1 saturated heterocycles. The molecule has 0 saturated carbocycles.